The third-order valence-electron chi connectivity index (χ3n) is 10.8. The Morgan fingerprint density at radius 2 is 1.98 bits per heavy atom. The van der Waals surface area contributed by atoms with Gasteiger partial charge in [0.2, 0.25) is 5.88 Å². The summed E-state index contributed by atoms with van der Waals surface area (Å²) in [5.74, 6) is 2.85. The van der Waals surface area contributed by atoms with E-state index in [-0.39, 0.29) is 12.0 Å². The molecule has 3 aliphatic heterocycles. The Morgan fingerprint density at radius 1 is 1.13 bits per heavy atom. The van der Waals surface area contributed by atoms with Gasteiger partial charge in [0, 0.05) is 47.6 Å². The maximum Gasteiger partial charge on any atom is 0.219 e. The molecule has 46 heavy (non-hydrogen) atoms. The van der Waals surface area contributed by atoms with Crippen molar-refractivity contribution in [2.24, 2.45) is 0 Å². The molecular formula is C35H48N8O2S. The molecule has 0 unspecified atom stereocenters. The van der Waals surface area contributed by atoms with Gasteiger partial charge in [-0.05, 0) is 103 Å². The lowest BCUT2D eigenvalue weighted by Crippen LogP contribution is -2.38. The summed E-state index contributed by atoms with van der Waals surface area (Å²) < 4.78 is 12.9. The van der Waals surface area contributed by atoms with Crippen LogP contribution >= 0.6 is 11.3 Å². The minimum atomic E-state index is -0.0447. The van der Waals surface area contributed by atoms with Crippen LogP contribution in [-0.4, -0.2) is 82.9 Å². The highest BCUT2D eigenvalue weighted by Crippen LogP contribution is 2.47. The number of unbranched alkanes of at least 4 members (excludes halogenated alkanes) is 1. The number of thiophene rings is 1. The molecule has 0 spiro atoms. The van der Waals surface area contributed by atoms with Crippen molar-refractivity contribution < 1.29 is 9.26 Å². The highest BCUT2D eigenvalue weighted by molar-refractivity contribution is 7.16. The van der Waals surface area contributed by atoms with E-state index in [1.807, 2.05) is 6.07 Å². The fourth-order valence-corrected chi connectivity index (χ4v) is 9.44. The highest BCUT2D eigenvalue weighted by Gasteiger charge is 2.36. The monoisotopic (exact) mass is 644 g/mol. The minimum absolute atomic E-state index is 0.000528. The Morgan fingerprint density at radius 3 is 2.74 bits per heavy atom. The predicted octanol–water partition coefficient (Wildman–Crippen LogP) is 5.99. The Labute approximate surface area is 276 Å². The van der Waals surface area contributed by atoms with E-state index in [4.69, 9.17) is 30.1 Å². The van der Waals surface area contributed by atoms with Crippen molar-refractivity contribution in [2.45, 2.75) is 109 Å². The summed E-state index contributed by atoms with van der Waals surface area (Å²) in [6.45, 7) is 9.78. The average Bonchev–Trinajstić information content (AvgIpc) is 3.89. The molecule has 3 fully saturated rings. The summed E-state index contributed by atoms with van der Waals surface area (Å²) in [4.78, 5) is 18.9. The lowest BCUT2D eigenvalue weighted by Gasteiger charge is -2.27. The van der Waals surface area contributed by atoms with Crippen molar-refractivity contribution in [1.82, 2.24) is 24.9 Å². The lowest BCUT2D eigenvalue weighted by atomic mass is 9.81. The molecule has 0 bridgehead atoms. The van der Waals surface area contributed by atoms with Crippen molar-refractivity contribution >= 4 is 22.2 Å². The number of nitrogens with zero attached hydrogens (tertiary/aromatic N) is 7. The first-order chi connectivity index (χ1) is 22.4. The molecule has 11 heteroatoms. The Bertz CT molecular complexity index is 1570. The van der Waals surface area contributed by atoms with Crippen LogP contribution in [0.25, 0.3) is 11.5 Å². The second-order valence-corrected chi connectivity index (χ2v) is 14.9. The maximum absolute atomic E-state index is 10.0. The second kappa shape index (κ2) is 13.5. The van der Waals surface area contributed by atoms with Crippen molar-refractivity contribution in [3.8, 4) is 23.5 Å². The molecule has 3 aromatic heterocycles. The van der Waals surface area contributed by atoms with Gasteiger partial charge >= 0.3 is 0 Å². The van der Waals surface area contributed by atoms with Crippen molar-refractivity contribution in [3.05, 3.63) is 33.4 Å². The first-order valence-electron chi connectivity index (χ1n) is 17.5. The normalized spacial score (nSPS) is 24.4. The van der Waals surface area contributed by atoms with Crippen LogP contribution in [0.3, 0.4) is 0 Å². The third kappa shape index (κ3) is 6.00. The molecule has 0 amide bonds. The number of rotatable bonds is 10. The Kier molecular flexibility index (Phi) is 9.21. The number of ether oxygens (including phenoxy) is 1. The van der Waals surface area contributed by atoms with E-state index in [9.17, 15) is 5.26 Å². The van der Waals surface area contributed by atoms with Crippen molar-refractivity contribution in [2.75, 3.05) is 50.4 Å². The molecule has 4 aliphatic rings. The van der Waals surface area contributed by atoms with Gasteiger partial charge < -0.3 is 19.9 Å². The number of aryl methyl sites for hydroxylation is 1. The van der Waals surface area contributed by atoms with Gasteiger partial charge in [-0.2, -0.15) is 10.2 Å². The number of anilines is 2. The quantitative estimate of drug-likeness (QED) is 0.282. The Balaban J connectivity index is 1.27. The van der Waals surface area contributed by atoms with Gasteiger partial charge in [0.05, 0.1) is 5.56 Å². The topological polar surface area (TPSA) is 121 Å². The number of nitrogens with two attached hydrogens (primary N) is 1. The summed E-state index contributed by atoms with van der Waals surface area (Å²) in [6, 6.07) is 5.34. The van der Waals surface area contributed by atoms with Gasteiger partial charge in [-0.15, -0.1) is 11.3 Å². The van der Waals surface area contributed by atoms with Crippen molar-refractivity contribution in [3.63, 3.8) is 0 Å². The van der Waals surface area contributed by atoms with E-state index < -0.39 is 0 Å². The molecule has 7 rings (SSSR count). The van der Waals surface area contributed by atoms with Crippen LogP contribution in [0.2, 0.25) is 0 Å². The van der Waals surface area contributed by atoms with Crippen LogP contribution in [0, 0.1) is 11.3 Å². The molecule has 3 saturated heterocycles. The van der Waals surface area contributed by atoms with Crippen LogP contribution in [0.15, 0.2) is 10.6 Å². The third-order valence-corrected chi connectivity index (χ3v) is 11.9. The molecule has 4 atom stereocenters. The molecule has 0 saturated carbocycles. The Hall–Kier alpha value is -3.20. The van der Waals surface area contributed by atoms with Crippen LogP contribution in [0.4, 0.5) is 10.8 Å². The lowest BCUT2D eigenvalue weighted by molar-refractivity contribution is 0.117. The molecule has 10 nitrogen and oxygen atoms in total. The SMILES string of the molecule is CCCCc1c(-c2nc(O[C@@H](C)[C@@H]3CCCN3C)cc(N3CC[C@H](N4CCCC4)C3)n2)noc1[C@H]1CCCc2sc(N)c(C#N)c21. The van der Waals surface area contributed by atoms with E-state index in [2.05, 4.69) is 41.7 Å². The molecular weight excluding hydrogens is 597 g/mol. The van der Waals surface area contributed by atoms with E-state index in [0.717, 1.165) is 93.7 Å². The van der Waals surface area contributed by atoms with Gasteiger partial charge in [0.25, 0.3) is 0 Å². The van der Waals surface area contributed by atoms with Gasteiger partial charge in [-0.1, -0.05) is 18.5 Å². The van der Waals surface area contributed by atoms with E-state index >= 15 is 0 Å². The van der Waals surface area contributed by atoms with Crippen molar-refractivity contribution in [1.29, 1.82) is 5.26 Å². The van der Waals surface area contributed by atoms with Crippen LogP contribution < -0.4 is 15.4 Å². The molecule has 2 N–H and O–H groups in total. The number of likely N-dealkylation sites (tertiary alicyclic amines) is 2. The fourth-order valence-electron chi connectivity index (χ4n) is 8.31. The number of nitriles is 1. The van der Waals surface area contributed by atoms with Gasteiger partial charge in [0.15, 0.2) is 11.5 Å². The van der Waals surface area contributed by atoms with Gasteiger partial charge in [0.1, 0.15) is 28.8 Å². The molecule has 246 valence electrons. The zero-order valence-corrected chi connectivity index (χ0v) is 28.4. The first-order valence-corrected chi connectivity index (χ1v) is 18.3. The predicted molar refractivity (Wildman–Crippen MR) is 182 cm³/mol. The van der Waals surface area contributed by atoms with Gasteiger partial charge in [-0.25, -0.2) is 4.98 Å². The summed E-state index contributed by atoms with van der Waals surface area (Å²) in [5.41, 5.74) is 9.72. The van der Waals surface area contributed by atoms with E-state index in [1.54, 1.807) is 11.3 Å². The summed E-state index contributed by atoms with van der Waals surface area (Å²) in [7, 11) is 2.18. The second-order valence-electron chi connectivity index (χ2n) is 13.7. The summed E-state index contributed by atoms with van der Waals surface area (Å²) in [6.07, 6.45) is 11.8. The van der Waals surface area contributed by atoms with Crippen LogP contribution in [0.1, 0.15) is 105 Å². The molecule has 6 heterocycles. The zero-order chi connectivity index (χ0) is 31.8. The van der Waals surface area contributed by atoms with E-state index in [1.165, 1.54) is 37.2 Å². The number of fused-ring (bicyclic) bond motifs is 1. The maximum atomic E-state index is 10.0. The summed E-state index contributed by atoms with van der Waals surface area (Å²) >= 11 is 1.55. The highest BCUT2D eigenvalue weighted by atomic mass is 32.1. The number of hydrogen-bond donors (Lipinski definition) is 1. The average molecular weight is 645 g/mol. The molecule has 0 radical (unpaired) electrons. The number of hydrogen-bond acceptors (Lipinski definition) is 11. The smallest absolute Gasteiger partial charge is 0.219 e. The van der Waals surface area contributed by atoms with Crippen LogP contribution in [0.5, 0.6) is 5.88 Å². The zero-order valence-electron chi connectivity index (χ0n) is 27.6. The number of nitrogen functional groups attached to an aromatic ring is 1. The minimum Gasteiger partial charge on any atom is -0.473 e. The number of likely N-dealkylation sites (N-methyl/N-ethyl adjacent to an activating group) is 1. The van der Waals surface area contributed by atoms with Gasteiger partial charge in [-0.3, -0.25) is 9.80 Å². The van der Waals surface area contributed by atoms with Crippen LogP contribution in [-0.2, 0) is 12.8 Å². The first kappa shape index (κ1) is 31.4. The largest absolute Gasteiger partial charge is 0.473 e. The standard InChI is InChI=1S/C35H48N8O2S/c1-4-5-10-25-32(40-45-33(25)24-11-8-13-28-31(24)26(20-36)34(37)46-28)35-38-29(43-18-14-23(21-43)42-16-6-7-17-42)19-30(39-35)44-22(2)27-12-9-15-41(27)3/h19,22-24,27H,4-18,21,37H2,1-3H3/t22-,23-,24-,27-/m0/s1. The number of aromatic nitrogens is 3. The summed E-state index contributed by atoms with van der Waals surface area (Å²) in [5, 5.41) is 15.3. The molecule has 1 aliphatic carbocycles. The molecule has 3 aromatic rings. The fraction of sp³-hybridized carbons (Fsp3) is 0.657. The van der Waals surface area contributed by atoms with E-state index in [0.29, 0.717) is 40.0 Å². The molecule has 0 aromatic carbocycles.